The third-order valence-corrected chi connectivity index (χ3v) is 4.43. The van der Waals surface area contributed by atoms with Gasteiger partial charge in [0.05, 0.1) is 23.5 Å². The average Bonchev–Trinajstić information content (AvgIpc) is 3.18. The SMILES string of the molecule is C[C@@H](NC(=O)c1cn[nH]c1-c1ccc2c(c1)OCCO2)c1ccccc1F. The molecule has 0 fully saturated rings. The number of carbonyl (C=O) groups is 1. The highest BCUT2D eigenvalue weighted by molar-refractivity contribution is 6.00. The Labute approximate surface area is 155 Å². The number of hydrogen-bond donors (Lipinski definition) is 2. The highest BCUT2D eigenvalue weighted by Gasteiger charge is 2.21. The van der Waals surface area contributed by atoms with Crippen molar-refractivity contribution in [1.82, 2.24) is 15.5 Å². The maximum atomic E-state index is 13.9. The van der Waals surface area contributed by atoms with Gasteiger partial charge < -0.3 is 14.8 Å². The van der Waals surface area contributed by atoms with Crippen molar-refractivity contribution in [2.45, 2.75) is 13.0 Å². The van der Waals surface area contributed by atoms with Crippen LogP contribution >= 0.6 is 0 Å². The first-order chi connectivity index (χ1) is 13.1. The minimum Gasteiger partial charge on any atom is -0.486 e. The Morgan fingerprint density at radius 1 is 1.19 bits per heavy atom. The summed E-state index contributed by atoms with van der Waals surface area (Å²) in [5.74, 6) is 0.595. The van der Waals surface area contributed by atoms with E-state index >= 15 is 0 Å². The average molecular weight is 367 g/mol. The standard InChI is InChI=1S/C20H18FN3O3/c1-12(14-4-2-3-5-16(14)21)23-20(25)15-11-22-24-19(15)13-6-7-17-18(10-13)27-9-8-26-17/h2-7,10-12H,8-9H2,1H3,(H,22,24)(H,23,25)/t12-/m1/s1. The molecule has 7 heteroatoms. The number of aromatic amines is 1. The predicted molar refractivity (Wildman–Crippen MR) is 97.3 cm³/mol. The summed E-state index contributed by atoms with van der Waals surface area (Å²) in [6.45, 7) is 2.73. The molecule has 27 heavy (non-hydrogen) atoms. The number of H-pyrrole nitrogens is 1. The van der Waals surface area contributed by atoms with Gasteiger partial charge in [0.15, 0.2) is 11.5 Å². The van der Waals surface area contributed by atoms with Crippen LogP contribution in [0.15, 0.2) is 48.7 Å². The minimum atomic E-state index is -0.485. The fourth-order valence-corrected chi connectivity index (χ4v) is 3.06. The number of amides is 1. The van der Waals surface area contributed by atoms with E-state index in [0.717, 1.165) is 5.56 Å². The van der Waals surface area contributed by atoms with E-state index in [-0.39, 0.29) is 11.7 Å². The van der Waals surface area contributed by atoms with Crippen molar-refractivity contribution in [1.29, 1.82) is 0 Å². The smallest absolute Gasteiger partial charge is 0.255 e. The molecule has 1 aromatic heterocycles. The van der Waals surface area contributed by atoms with Gasteiger partial charge in [0, 0.05) is 11.1 Å². The second-order valence-corrected chi connectivity index (χ2v) is 6.23. The normalized spacial score (nSPS) is 13.9. The second kappa shape index (κ2) is 7.11. The Hall–Kier alpha value is -3.35. The molecule has 0 bridgehead atoms. The zero-order valence-electron chi connectivity index (χ0n) is 14.7. The van der Waals surface area contributed by atoms with E-state index in [1.165, 1.54) is 12.3 Å². The summed E-state index contributed by atoms with van der Waals surface area (Å²) in [6, 6.07) is 11.3. The van der Waals surface area contributed by atoms with Gasteiger partial charge in [0.25, 0.3) is 5.91 Å². The molecule has 2 aromatic carbocycles. The summed E-state index contributed by atoms with van der Waals surface area (Å²) >= 11 is 0. The number of halogens is 1. The zero-order chi connectivity index (χ0) is 18.8. The van der Waals surface area contributed by atoms with Crippen molar-refractivity contribution in [3.05, 3.63) is 65.6 Å². The summed E-state index contributed by atoms with van der Waals surface area (Å²) in [5, 5.41) is 9.67. The van der Waals surface area contributed by atoms with Crippen LogP contribution in [0.2, 0.25) is 0 Å². The molecule has 2 heterocycles. The lowest BCUT2D eigenvalue weighted by Crippen LogP contribution is -2.27. The molecular weight excluding hydrogens is 349 g/mol. The molecule has 0 spiro atoms. The Morgan fingerprint density at radius 2 is 1.96 bits per heavy atom. The van der Waals surface area contributed by atoms with E-state index in [1.54, 1.807) is 37.3 Å². The molecule has 3 aromatic rings. The molecule has 1 amide bonds. The van der Waals surface area contributed by atoms with Crippen LogP contribution in [-0.2, 0) is 0 Å². The second-order valence-electron chi connectivity index (χ2n) is 6.23. The number of aromatic nitrogens is 2. The third kappa shape index (κ3) is 3.36. The summed E-state index contributed by atoms with van der Waals surface area (Å²) < 4.78 is 25.1. The van der Waals surface area contributed by atoms with Gasteiger partial charge in [-0.05, 0) is 31.2 Å². The maximum Gasteiger partial charge on any atom is 0.255 e. The van der Waals surface area contributed by atoms with Crippen molar-refractivity contribution in [3.63, 3.8) is 0 Å². The van der Waals surface area contributed by atoms with Gasteiger partial charge in [0.1, 0.15) is 19.0 Å². The van der Waals surface area contributed by atoms with Crippen LogP contribution in [-0.4, -0.2) is 29.3 Å². The molecule has 1 atom stereocenters. The van der Waals surface area contributed by atoms with Crippen molar-refractivity contribution in [2.75, 3.05) is 13.2 Å². The summed E-state index contributed by atoms with van der Waals surface area (Å²) in [6.07, 6.45) is 1.45. The molecule has 6 nitrogen and oxygen atoms in total. The van der Waals surface area contributed by atoms with Crippen LogP contribution < -0.4 is 14.8 Å². The van der Waals surface area contributed by atoms with Crippen LogP contribution in [0.25, 0.3) is 11.3 Å². The highest BCUT2D eigenvalue weighted by atomic mass is 19.1. The number of nitrogens with zero attached hydrogens (tertiary/aromatic N) is 1. The van der Waals surface area contributed by atoms with E-state index in [1.807, 2.05) is 6.07 Å². The van der Waals surface area contributed by atoms with Gasteiger partial charge in [-0.25, -0.2) is 4.39 Å². The van der Waals surface area contributed by atoms with Crippen molar-refractivity contribution in [2.24, 2.45) is 0 Å². The van der Waals surface area contributed by atoms with E-state index in [4.69, 9.17) is 9.47 Å². The number of ether oxygens (including phenoxy) is 2. The van der Waals surface area contributed by atoms with Crippen molar-refractivity contribution >= 4 is 5.91 Å². The molecule has 1 aliphatic rings. The number of rotatable bonds is 4. The summed E-state index contributed by atoms with van der Waals surface area (Å²) in [7, 11) is 0. The van der Waals surface area contributed by atoms with E-state index < -0.39 is 6.04 Å². The quantitative estimate of drug-likeness (QED) is 0.740. The molecule has 0 saturated heterocycles. The predicted octanol–water partition coefficient (Wildman–Crippen LogP) is 3.48. The number of hydrogen-bond acceptors (Lipinski definition) is 4. The number of benzene rings is 2. The molecular formula is C20H18FN3O3. The molecule has 0 unspecified atom stereocenters. The summed E-state index contributed by atoms with van der Waals surface area (Å²) in [5.41, 5.74) is 2.11. The zero-order valence-corrected chi connectivity index (χ0v) is 14.7. The van der Waals surface area contributed by atoms with E-state index in [2.05, 4.69) is 15.5 Å². The maximum absolute atomic E-state index is 13.9. The first-order valence-electron chi connectivity index (χ1n) is 8.62. The van der Waals surface area contributed by atoms with Gasteiger partial charge in [-0.15, -0.1) is 0 Å². The number of fused-ring (bicyclic) bond motifs is 1. The number of carbonyl (C=O) groups excluding carboxylic acids is 1. The lowest BCUT2D eigenvalue weighted by Gasteiger charge is -2.19. The van der Waals surface area contributed by atoms with E-state index in [0.29, 0.717) is 41.5 Å². The highest BCUT2D eigenvalue weighted by Crippen LogP contribution is 2.35. The lowest BCUT2D eigenvalue weighted by atomic mass is 10.0. The van der Waals surface area contributed by atoms with Crippen LogP contribution in [0.5, 0.6) is 11.5 Å². The Bertz CT molecular complexity index is 986. The molecule has 138 valence electrons. The fraction of sp³-hybridized carbons (Fsp3) is 0.200. The molecule has 2 N–H and O–H groups in total. The Kier molecular flexibility index (Phi) is 4.50. The first-order valence-corrected chi connectivity index (χ1v) is 8.62. The first kappa shape index (κ1) is 17.1. The lowest BCUT2D eigenvalue weighted by molar-refractivity contribution is 0.0940. The fourth-order valence-electron chi connectivity index (χ4n) is 3.06. The van der Waals surface area contributed by atoms with Crippen molar-refractivity contribution in [3.8, 4) is 22.8 Å². The largest absolute Gasteiger partial charge is 0.486 e. The molecule has 4 rings (SSSR count). The van der Waals surface area contributed by atoms with Gasteiger partial charge in [-0.1, -0.05) is 18.2 Å². The van der Waals surface area contributed by atoms with Gasteiger partial charge in [0.2, 0.25) is 0 Å². The van der Waals surface area contributed by atoms with Crippen LogP contribution in [0, 0.1) is 5.82 Å². The third-order valence-electron chi connectivity index (χ3n) is 4.43. The molecule has 0 saturated carbocycles. The monoisotopic (exact) mass is 367 g/mol. The van der Waals surface area contributed by atoms with Gasteiger partial charge in [-0.2, -0.15) is 5.10 Å². The molecule has 0 aliphatic carbocycles. The minimum absolute atomic E-state index is 0.343. The van der Waals surface area contributed by atoms with Crippen LogP contribution in [0.3, 0.4) is 0 Å². The van der Waals surface area contributed by atoms with Crippen LogP contribution in [0.1, 0.15) is 28.9 Å². The molecule has 0 radical (unpaired) electrons. The van der Waals surface area contributed by atoms with Crippen molar-refractivity contribution < 1.29 is 18.7 Å². The van der Waals surface area contributed by atoms with Gasteiger partial charge in [-0.3, -0.25) is 9.89 Å². The van der Waals surface area contributed by atoms with Crippen LogP contribution in [0.4, 0.5) is 4.39 Å². The summed E-state index contributed by atoms with van der Waals surface area (Å²) in [4.78, 5) is 12.7. The molecule has 1 aliphatic heterocycles. The Balaban J connectivity index is 1.58. The number of nitrogens with one attached hydrogen (secondary N) is 2. The Morgan fingerprint density at radius 3 is 2.78 bits per heavy atom. The van der Waals surface area contributed by atoms with E-state index in [9.17, 15) is 9.18 Å². The van der Waals surface area contributed by atoms with Gasteiger partial charge >= 0.3 is 0 Å². The topological polar surface area (TPSA) is 76.2 Å².